The zero-order valence-corrected chi connectivity index (χ0v) is 17.2. The normalized spacial score (nSPS) is 16.0. The van der Waals surface area contributed by atoms with E-state index in [4.69, 9.17) is 21.4 Å². The highest BCUT2D eigenvalue weighted by Crippen LogP contribution is 2.33. The van der Waals surface area contributed by atoms with Crippen LogP contribution in [0.4, 0.5) is 4.39 Å². The number of benzene rings is 2. The van der Waals surface area contributed by atoms with Crippen molar-refractivity contribution >= 4 is 35.3 Å². The van der Waals surface area contributed by atoms with Crippen molar-refractivity contribution < 1.29 is 23.8 Å². The third kappa shape index (κ3) is 6.19. The van der Waals surface area contributed by atoms with Crippen molar-refractivity contribution in [2.45, 2.75) is 42.6 Å². The van der Waals surface area contributed by atoms with Gasteiger partial charge in [0.25, 0.3) is 0 Å². The van der Waals surface area contributed by atoms with E-state index >= 15 is 0 Å². The quantitative estimate of drug-likeness (QED) is 0.499. The fraction of sp³-hybridized carbons (Fsp3) is 0.333. The van der Waals surface area contributed by atoms with Crippen LogP contribution in [-0.4, -0.2) is 29.8 Å². The Labute approximate surface area is 177 Å². The van der Waals surface area contributed by atoms with Crippen molar-refractivity contribution in [2.75, 3.05) is 6.54 Å². The number of aliphatic carboxylic acids is 1. The maximum atomic E-state index is 13.1. The maximum absolute atomic E-state index is 13.1. The molecule has 2 aromatic carbocycles. The molecule has 1 unspecified atom stereocenters. The van der Waals surface area contributed by atoms with Crippen LogP contribution in [0.15, 0.2) is 41.3 Å². The summed E-state index contributed by atoms with van der Waals surface area (Å²) in [6.45, 7) is 0.635. The van der Waals surface area contributed by atoms with E-state index in [9.17, 15) is 14.0 Å². The molecule has 2 N–H and O–H groups in total. The molecule has 0 aliphatic carbocycles. The Morgan fingerprint density at radius 2 is 1.97 bits per heavy atom. The fourth-order valence-electron chi connectivity index (χ4n) is 3.18. The molecule has 1 atom stereocenters. The Bertz CT molecular complexity index is 891. The molecule has 0 amide bonds. The Morgan fingerprint density at radius 3 is 2.69 bits per heavy atom. The molecule has 1 aliphatic rings. The number of carbonyl (C=O) groups excluding carboxylic acids is 1. The maximum Gasteiger partial charge on any atom is 0.307 e. The van der Waals surface area contributed by atoms with Gasteiger partial charge in [0.2, 0.25) is 0 Å². The van der Waals surface area contributed by atoms with E-state index in [1.54, 1.807) is 23.9 Å². The molecule has 1 aliphatic heterocycles. The standard InChI is InChI=1S/C21H21ClFNO4S/c22-18-6-1-13-9-10-24-19(28-21(27)8-7-20(25)26)11-16(13)17(18)12-29-15-4-2-14(23)3-5-15/h1-6,19,24H,7-12H2,(H,25,26). The number of thioether (sulfide) groups is 1. The number of ether oxygens (including phenoxy) is 1. The highest BCUT2D eigenvalue weighted by Gasteiger charge is 2.23. The second-order valence-corrected chi connectivity index (χ2v) is 8.14. The van der Waals surface area contributed by atoms with Gasteiger partial charge in [0.05, 0.1) is 12.8 Å². The Hall–Kier alpha value is -2.09. The average molecular weight is 438 g/mol. The molecular formula is C21H21ClFNO4S. The summed E-state index contributed by atoms with van der Waals surface area (Å²) in [4.78, 5) is 23.5. The highest BCUT2D eigenvalue weighted by atomic mass is 35.5. The minimum Gasteiger partial charge on any atom is -0.481 e. The van der Waals surface area contributed by atoms with Crippen molar-refractivity contribution in [1.29, 1.82) is 0 Å². The molecule has 2 aromatic rings. The summed E-state index contributed by atoms with van der Waals surface area (Å²) in [5.41, 5.74) is 3.14. The van der Waals surface area contributed by atoms with E-state index in [1.807, 2.05) is 12.1 Å². The first kappa shape index (κ1) is 21.6. The summed E-state index contributed by atoms with van der Waals surface area (Å²) in [5, 5.41) is 12.5. The van der Waals surface area contributed by atoms with Crippen LogP contribution >= 0.6 is 23.4 Å². The Morgan fingerprint density at radius 1 is 1.21 bits per heavy atom. The van der Waals surface area contributed by atoms with Crippen molar-refractivity contribution in [1.82, 2.24) is 5.32 Å². The SMILES string of the molecule is O=C(O)CCC(=O)OC1Cc2c(ccc(Cl)c2CSc2ccc(F)cc2)CCN1. The van der Waals surface area contributed by atoms with Crippen LogP contribution in [-0.2, 0) is 32.9 Å². The molecule has 8 heteroatoms. The third-order valence-electron chi connectivity index (χ3n) is 4.64. The van der Waals surface area contributed by atoms with Crippen molar-refractivity contribution in [3.05, 3.63) is 63.9 Å². The van der Waals surface area contributed by atoms with Gasteiger partial charge in [0.1, 0.15) is 5.82 Å². The first-order valence-corrected chi connectivity index (χ1v) is 10.6. The van der Waals surface area contributed by atoms with Gasteiger partial charge in [-0.1, -0.05) is 17.7 Å². The fourth-order valence-corrected chi connectivity index (χ4v) is 4.47. The molecule has 0 aromatic heterocycles. The number of esters is 1. The van der Waals surface area contributed by atoms with Gasteiger partial charge in [-0.25, -0.2) is 4.39 Å². The van der Waals surface area contributed by atoms with Crippen LogP contribution in [0.2, 0.25) is 5.02 Å². The zero-order chi connectivity index (χ0) is 20.8. The van der Waals surface area contributed by atoms with E-state index in [2.05, 4.69) is 5.32 Å². The number of carboxylic acids is 1. The third-order valence-corrected chi connectivity index (χ3v) is 6.03. The van der Waals surface area contributed by atoms with Gasteiger partial charge in [-0.3, -0.25) is 14.9 Å². The van der Waals surface area contributed by atoms with Gasteiger partial charge < -0.3 is 9.84 Å². The summed E-state index contributed by atoms with van der Waals surface area (Å²) in [6.07, 6.45) is 0.264. The minimum atomic E-state index is -1.03. The Balaban J connectivity index is 1.74. The van der Waals surface area contributed by atoms with E-state index in [0.29, 0.717) is 23.7 Å². The van der Waals surface area contributed by atoms with Gasteiger partial charge in [-0.2, -0.15) is 0 Å². The number of carbonyl (C=O) groups is 2. The van der Waals surface area contributed by atoms with Crippen molar-refractivity contribution in [2.24, 2.45) is 0 Å². The molecule has 29 heavy (non-hydrogen) atoms. The molecule has 0 saturated carbocycles. The lowest BCUT2D eigenvalue weighted by Gasteiger charge is -2.19. The second kappa shape index (κ2) is 10.1. The van der Waals surface area contributed by atoms with Crippen LogP contribution in [0.5, 0.6) is 0 Å². The summed E-state index contributed by atoms with van der Waals surface area (Å²) in [6, 6.07) is 10.2. The molecule has 0 spiro atoms. The van der Waals surface area contributed by atoms with Crippen molar-refractivity contribution in [3.63, 3.8) is 0 Å². The van der Waals surface area contributed by atoms with Gasteiger partial charge >= 0.3 is 11.9 Å². The van der Waals surface area contributed by atoms with Gasteiger partial charge in [-0.05, 0) is 53.4 Å². The van der Waals surface area contributed by atoms with Crippen LogP contribution in [0.1, 0.15) is 29.5 Å². The van der Waals surface area contributed by atoms with Crippen molar-refractivity contribution in [3.8, 4) is 0 Å². The average Bonchev–Trinajstić information content (AvgIpc) is 2.89. The predicted molar refractivity (Wildman–Crippen MR) is 110 cm³/mol. The highest BCUT2D eigenvalue weighted by molar-refractivity contribution is 7.98. The van der Waals surface area contributed by atoms with Crippen LogP contribution < -0.4 is 5.32 Å². The molecule has 0 radical (unpaired) electrons. The summed E-state index contributed by atoms with van der Waals surface area (Å²) in [7, 11) is 0. The zero-order valence-electron chi connectivity index (χ0n) is 15.6. The summed E-state index contributed by atoms with van der Waals surface area (Å²) >= 11 is 8.04. The molecule has 0 bridgehead atoms. The predicted octanol–water partition coefficient (Wildman–Crippen LogP) is 4.19. The number of hydrogen-bond acceptors (Lipinski definition) is 5. The van der Waals surface area contributed by atoms with Gasteiger partial charge in [-0.15, -0.1) is 11.8 Å². The van der Waals surface area contributed by atoms with E-state index < -0.39 is 18.2 Å². The van der Waals surface area contributed by atoms with Crippen LogP contribution in [0.3, 0.4) is 0 Å². The lowest BCUT2D eigenvalue weighted by atomic mass is 9.97. The molecule has 1 heterocycles. The first-order valence-electron chi connectivity index (χ1n) is 9.24. The number of carboxylic acid groups (broad SMARTS) is 1. The molecule has 3 rings (SSSR count). The minimum absolute atomic E-state index is 0.163. The second-order valence-electron chi connectivity index (χ2n) is 6.69. The number of rotatable bonds is 7. The van der Waals surface area contributed by atoms with Crippen LogP contribution in [0.25, 0.3) is 0 Å². The Kier molecular flexibility index (Phi) is 7.52. The van der Waals surface area contributed by atoms with Gasteiger partial charge in [0.15, 0.2) is 6.23 Å². The number of nitrogens with one attached hydrogen (secondary N) is 1. The molecule has 0 fully saturated rings. The smallest absolute Gasteiger partial charge is 0.307 e. The van der Waals surface area contributed by atoms with Gasteiger partial charge in [0, 0.05) is 28.6 Å². The largest absolute Gasteiger partial charge is 0.481 e. The van der Waals surface area contributed by atoms with Crippen LogP contribution in [0, 0.1) is 5.82 Å². The van der Waals surface area contributed by atoms with E-state index in [-0.39, 0.29) is 18.7 Å². The topological polar surface area (TPSA) is 75.6 Å². The van der Waals surface area contributed by atoms with E-state index in [1.165, 1.54) is 12.1 Å². The number of hydrogen-bond donors (Lipinski definition) is 2. The monoisotopic (exact) mass is 437 g/mol. The lowest BCUT2D eigenvalue weighted by molar-refractivity contribution is -0.153. The van der Waals surface area contributed by atoms with E-state index in [0.717, 1.165) is 28.0 Å². The molecule has 154 valence electrons. The number of halogens is 2. The first-order chi connectivity index (χ1) is 13.9. The summed E-state index contributed by atoms with van der Waals surface area (Å²) in [5.74, 6) is -1.25. The molecule has 5 nitrogen and oxygen atoms in total. The molecular weight excluding hydrogens is 417 g/mol. The number of fused-ring (bicyclic) bond motifs is 1. The molecule has 0 saturated heterocycles. The lowest BCUT2D eigenvalue weighted by Crippen LogP contribution is -2.35. The summed E-state index contributed by atoms with van der Waals surface area (Å²) < 4.78 is 18.6.